The third-order valence-electron chi connectivity index (χ3n) is 3.96. The van der Waals surface area contributed by atoms with Gasteiger partial charge in [-0.15, -0.1) is 11.8 Å². The van der Waals surface area contributed by atoms with Crippen LogP contribution in [0.3, 0.4) is 0 Å². The van der Waals surface area contributed by atoms with E-state index in [1.54, 1.807) is 5.56 Å². The molecule has 2 atom stereocenters. The quantitative estimate of drug-likeness (QED) is 0.830. The van der Waals surface area contributed by atoms with Gasteiger partial charge in [0, 0.05) is 47.2 Å². The van der Waals surface area contributed by atoms with E-state index in [4.69, 9.17) is 0 Å². The number of hydrogen-bond donors (Lipinski definition) is 0. The topological polar surface area (TPSA) is 3.24 Å². The zero-order chi connectivity index (χ0) is 12.4. The first kappa shape index (κ1) is 12.9. The van der Waals surface area contributed by atoms with E-state index in [0.717, 1.165) is 11.2 Å². The highest BCUT2D eigenvalue weighted by Gasteiger charge is 2.27. The minimum Gasteiger partial charge on any atom is -0.301 e. The number of thioether (sulfide) groups is 2. The minimum atomic E-state index is 0.756. The molecule has 1 aromatic rings. The molecular weight excluding hydrogens is 258 g/mol. The zero-order valence-electron chi connectivity index (χ0n) is 11.0. The maximum atomic E-state index is 2.69. The van der Waals surface area contributed by atoms with Crippen molar-refractivity contribution in [1.82, 2.24) is 4.90 Å². The third-order valence-corrected chi connectivity index (χ3v) is 6.58. The molecule has 1 aromatic carbocycles. The number of benzene rings is 1. The van der Waals surface area contributed by atoms with Gasteiger partial charge in [-0.3, -0.25) is 0 Å². The Bertz CT molecular complexity index is 407. The van der Waals surface area contributed by atoms with Gasteiger partial charge in [-0.25, -0.2) is 0 Å². The van der Waals surface area contributed by atoms with Crippen molar-refractivity contribution < 1.29 is 0 Å². The van der Waals surface area contributed by atoms with Crippen LogP contribution in [0.1, 0.15) is 24.8 Å². The van der Waals surface area contributed by atoms with Crippen LogP contribution in [0.2, 0.25) is 0 Å². The van der Waals surface area contributed by atoms with E-state index in [9.17, 15) is 0 Å². The summed E-state index contributed by atoms with van der Waals surface area (Å²) in [6.45, 7) is 6.16. The van der Waals surface area contributed by atoms with Gasteiger partial charge in [-0.1, -0.05) is 25.1 Å². The van der Waals surface area contributed by atoms with E-state index in [1.807, 2.05) is 11.8 Å². The molecule has 3 rings (SSSR count). The maximum Gasteiger partial charge on any atom is 0.0172 e. The highest BCUT2D eigenvalue weighted by Crippen LogP contribution is 2.40. The van der Waals surface area contributed by atoms with Crippen molar-refractivity contribution in [2.24, 2.45) is 0 Å². The van der Waals surface area contributed by atoms with Crippen LogP contribution in [0.25, 0.3) is 0 Å². The summed E-state index contributed by atoms with van der Waals surface area (Å²) in [4.78, 5) is 4.21. The normalized spacial score (nSPS) is 28.3. The number of rotatable bonds is 3. The Hall–Kier alpha value is -0.120. The molecule has 2 aliphatic heterocycles. The average Bonchev–Trinajstić information content (AvgIpc) is 2.83. The Balaban J connectivity index is 1.64. The van der Waals surface area contributed by atoms with E-state index >= 15 is 0 Å². The van der Waals surface area contributed by atoms with E-state index in [0.29, 0.717) is 0 Å². The minimum absolute atomic E-state index is 0.756. The van der Waals surface area contributed by atoms with Gasteiger partial charge in [0.25, 0.3) is 0 Å². The van der Waals surface area contributed by atoms with Crippen molar-refractivity contribution >= 4 is 23.5 Å². The molecule has 1 fully saturated rings. The molecular formula is C15H21NS2. The lowest BCUT2D eigenvalue weighted by Crippen LogP contribution is -2.40. The molecule has 1 nitrogen and oxygen atoms in total. The Kier molecular flexibility index (Phi) is 4.22. The molecule has 0 aliphatic carbocycles. The summed E-state index contributed by atoms with van der Waals surface area (Å²) in [7, 11) is 0. The second kappa shape index (κ2) is 5.89. The van der Waals surface area contributed by atoms with Gasteiger partial charge in [0.1, 0.15) is 0 Å². The highest BCUT2D eigenvalue weighted by atomic mass is 32.2. The lowest BCUT2D eigenvalue weighted by Gasteiger charge is -2.33. The molecule has 0 saturated carbocycles. The van der Waals surface area contributed by atoms with Crippen LogP contribution in [0.5, 0.6) is 0 Å². The number of hydrogen-bond acceptors (Lipinski definition) is 3. The predicted octanol–water partition coefficient (Wildman–Crippen LogP) is 3.70. The van der Waals surface area contributed by atoms with E-state index < -0.39 is 0 Å². The molecule has 1 saturated heterocycles. The standard InChI is InChI=1S/C15H21NS2/c1-2-13-10-16(7-8-17-13)9-12-11-18-15-6-4-3-5-14(12)15/h3-6,12-13H,2,7-11H2,1H3. The van der Waals surface area contributed by atoms with Crippen molar-refractivity contribution in [3.63, 3.8) is 0 Å². The van der Waals surface area contributed by atoms with Gasteiger partial charge in [-0.2, -0.15) is 11.8 Å². The molecule has 0 bridgehead atoms. The predicted molar refractivity (Wildman–Crippen MR) is 82.9 cm³/mol. The van der Waals surface area contributed by atoms with Crippen molar-refractivity contribution in [1.29, 1.82) is 0 Å². The second-order valence-corrected chi connectivity index (χ2v) is 7.68. The molecule has 98 valence electrons. The van der Waals surface area contributed by atoms with Gasteiger partial charge in [0.05, 0.1) is 0 Å². The molecule has 3 heteroatoms. The SMILES string of the molecule is CCC1CN(CC2CSc3ccccc32)CCS1. The summed E-state index contributed by atoms with van der Waals surface area (Å²) in [5.74, 6) is 3.35. The van der Waals surface area contributed by atoms with Gasteiger partial charge >= 0.3 is 0 Å². The molecule has 0 spiro atoms. The summed E-state index contributed by atoms with van der Waals surface area (Å²) in [6.07, 6.45) is 1.32. The Morgan fingerprint density at radius 3 is 3.11 bits per heavy atom. The summed E-state index contributed by atoms with van der Waals surface area (Å²) in [5, 5.41) is 0.864. The largest absolute Gasteiger partial charge is 0.301 e. The molecule has 2 unspecified atom stereocenters. The smallest absolute Gasteiger partial charge is 0.0172 e. The highest BCUT2D eigenvalue weighted by molar-refractivity contribution is 8.00. The van der Waals surface area contributed by atoms with Crippen LogP contribution >= 0.6 is 23.5 Å². The average molecular weight is 279 g/mol. The molecule has 18 heavy (non-hydrogen) atoms. The van der Waals surface area contributed by atoms with Crippen molar-refractivity contribution in [2.45, 2.75) is 29.4 Å². The first-order valence-electron chi connectivity index (χ1n) is 6.92. The van der Waals surface area contributed by atoms with Gasteiger partial charge in [-0.05, 0) is 18.1 Å². The van der Waals surface area contributed by atoms with Crippen LogP contribution in [-0.2, 0) is 0 Å². The fourth-order valence-electron chi connectivity index (χ4n) is 2.89. The monoisotopic (exact) mass is 279 g/mol. The Morgan fingerprint density at radius 2 is 2.22 bits per heavy atom. The second-order valence-electron chi connectivity index (χ2n) is 5.21. The fourth-order valence-corrected chi connectivity index (χ4v) is 5.38. The first-order chi connectivity index (χ1) is 8.86. The van der Waals surface area contributed by atoms with Crippen LogP contribution in [0, 0.1) is 0 Å². The van der Waals surface area contributed by atoms with E-state index in [1.165, 1.54) is 42.5 Å². The van der Waals surface area contributed by atoms with Crippen LogP contribution < -0.4 is 0 Å². The van der Waals surface area contributed by atoms with Crippen LogP contribution in [-0.4, -0.2) is 41.3 Å². The lowest BCUT2D eigenvalue weighted by molar-refractivity contribution is 0.269. The summed E-state index contributed by atoms with van der Waals surface area (Å²) < 4.78 is 0. The summed E-state index contributed by atoms with van der Waals surface area (Å²) in [6, 6.07) is 8.97. The molecule has 0 aromatic heterocycles. The molecule has 0 amide bonds. The molecule has 2 aliphatic rings. The zero-order valence-corrected chi connectivity index (χ0v) is 12.6. The lowest BCUT2D eigenvalue weighted by atomic mass is 10.0. The number of fused-ring (bicyclic) bond motifs is 1. The fraction of sp³-hybridized carbons (Fsp3) is 0.600. The van der Waals surface area contributed by atoms with Crippen molar-refractivity contribution in [3.8, 4) is 0 Å². The molecule has 0 radical (unpaired) electrons. The van der Waals surface area contributed by atoms with Crippen molar-refractivity contribution in [3.05, 3.63) is 29.8 Å². The van der Waals surface area contributed by atoms with Gasteiger partial charge in [0.2, 0.25) is 0 Å². The van der Waals surface area contributed by atoms with E-state index in [2.05, 4.69) is 47.9 Å². The Morgan fingerprint density at radius 1 is 1.33 bits per heavy atom. The Labute approximate surface area is 119 Å². The van der Waals surface area contributed by atoms with Crippen molar-refractivity contribution in [2.75, 3.05) is 31.1 Å². The molecule has 0 N–H and O–H groups in total. The van der Waals surface area contributed by atoms with Crippen LogP contribution in [0.4, 0.5) is 0 Å². The van der Waals surface area contributed by atoms with Gasteiger partial charge < -0.3 is 4.90 Å². The summed E-state index contributed by atoms with van der Waals surface area (Å²) in [5.41, 5.74) is 1.59. The first-order valence-corrected chi connectivity index (χ1v) is 8.96. The maximum absolute atomic E-state index is 2.69. The molecule has 2 heterocycles. The number of nitrogens with zero attached hydrogens (tertiary/aromatic N) is 1. The third kappa shape index (κ3) is 2.73. The van der Waals surface area contributed by atoms with E-state index in [-0.39, 0.29) is 0 Å². The van der Waals surface area contributed by atoms with Gasteiger partial charge in [0.15, 0.2) is 0 Å². The summed E-state index contributed by atoms with van der Waals surface area (Å²) >= 11 is 4.20. The van der Waals surface area contributed by atoms with Crippen LogP contribution in [0.15, 0.2) is 29.2 Å².